The van der Waals surface area contributed by atoms with E-state index in [1.165, 1.54) is 20.3 Å². The molecule has 0 bridgehead atoms. The Morgan fingerprint density at radius 1 is 0.746 bits per heavy atom. The standard InChI is InChI=1S/C44H51FN8O6/c1-23(2)37(51-43(56)58-5)39(54)29-9-7-10-30(29)40-47-21-35(49-40)27-14-15-31(32(45)18-27)33-19-25-12-13-26(17-28(25)20-46-33)34-22-48-41(50-34)36-11-8-16-53(36)42(55)38(24(3)4)52-44(57)59-6/h12-15,17-24,29-30,36-38H,7-11,16H2,1-6H3,(H,47,49)(H,48,50)(H,51,56)(H,52,57)/t29?,30-,36+,37+,38+/m1/s1. The minimum Gasteiger partial charge on any atom is -0.453 e. The SMILES string of the molecule is COC(=O)N[C@H](C(=O)C1CCC[C@H]1c1ncc(-c2ccc(-c3cc4ccc(-c5cnc([C@@H]6CCCN6C(=O)[C@@H](NC(=O)OC)C(C)C)[nH]5)cc4cn3)c(F)c2)[nH]1)C(C)C. The van der Waals surface area contributed by atoms with Gasteiger partial charge < -0.3 is 35.0 Å². The molecule has 0 spiro atoms. The predicted molar refractivity (Wildman–Crippen MR) is 219 cm³/mol. The number of aromatic amines is 2. The summed E-state index contributed by atoms with van der Waals surface area (Å²) in [6, 6.07) is 11.1. The zero-order valence-corrected chi connectivity index (χ0v) is 34.2. The molecule has 3 aromatic heterocycles. The Labute approximate surface area is 342 Å². The first-order valence-corrected chi connectivity index (χ1v) is 20.2. The van der Waals surface area contributed by atoms with Crippen LogP contribution in [0.4, 0.5) is 14.0 Å². The van der Waals surface area contributed by atoms with Gasteiger partial charge in [0.15, 0.2) is 5.78 Å². The normalized spacial score (nSPS) is 18.9. The van der Waals surface area contributed by atoms with E-state index in [1.807, 2.05) is 58.0 Å². The number of hydrogen-bond donors (Lipinski definition) is 4. The van der Waals surface area contributed by atoms with E-state index in [0.29, 0.717) is 47.1 Å². The van der Waals surface area contributed by atoms with Crippen molar-refractivity contribution in [3.05, 3.63) is 78.5 Å². The lowest BCUT2D eigenvalue weighted by molar-refractivity contribution is -0.135. The summed E-state index contributed by atoms with van der Waals surface area (Å²) in [5.41, 5.74) is 3.77. The molecule has 14 nitrogen and oxygen atoms in total. The van der Waals surface area contributed by atoms with Crippen LogP contribution in [0.2, 0.25) is 0 Å². The van der Waals surface area contributed by atoms with Crippen LogP contribution in [0.15, 0.2) is 61.1 Å². The number of ketones is 1. The second-order valence-electron chi connectivity index (χ2n) is 16.1. The van der Waals surface area contributed by atoms with Crippen LogP contribution in [-0.4, -0.2) is 86.5 Å². The Morgan fingerprint density at radius 2 is 1.39 bits per heavy atom. The highest BCUT2D eigenvalue weighted by Gasteiger charge is 2.41. The molecule has 4 heterocycles. The van der Waals surface area contributed by atoms with Crippen molar-refractivity contribution in [1.82, 2.24) is 40.5 Å². The molecule has 2 fully saturated rings. The van der Waals surface area contributed by atoms with E-state index in [2.05, 4.69) is 35.6 Å². The molecule has 5 aromatic rings. The maximum Gasteiger partial charge on any atom is 0.407 e. The Balaban J connectivity index is 1.05. The third-order valence-electron chi connectivity index (χ3n) is 11.7. The van der Waals surface area contributed by atoms with E-state index in [9.17, 15) is 19.2 Å². The first kappa shape index (κ1) is 41.1. The predicted octanol–water partition coefficient (Wildman–Crippen LogP) is 7.70. The van der Waals surface area contributed by atoms with Crippen LogP contribution >= 0.6 is 0 Å². The molecule has 2 aromatic carbocycles. The first-order valence-electron chi connectivity index (χ1n) is 20.2. The molecule has 15 heteroatoms. The van der Waals surface area contributed by atoms with Crippen molar-refractivity contribution >= 4 is 34.6 Å². The quantitative estimate of drug-likeness (QED) is 0.0981. The highest BCUT2D eigenvalue weighted by atomic mass is 19.1. The molecule has 1 unspecified atom stereocenters. The van der Waals surface area contributed by atoms with Gasteiger partial charge in [0, 0.05) is 46.7 Å². The average Bonchev–Trinajstić information content (AvgIpc) is 4.07. The Kier molecular flexibility index (Phi) is 12.1. The number of methoxy groups -OCH3 is 2. The molecule has 1 aliphatic heterocycles. The largest absolute Gasteiger partial charge is 0.453 e. The fraction of sp³-hybridized carbons (Fsp3) is 0.432. The molecule has 1 saturated carbocycles. The number of halogens is 1. The fourth-order valence-corrected chi connectivity index (χ4v) is 8.47. The number of likely N-dealkylation sites (tertiary alicyclic amines) is 1. The number of aromatic nitrogens is 5. The third kappa shape index (κ3) is 8.55. The van der Waals surface area contributed by atoms with Crippen molar-refractivity contribution in [2.45, 2.75) is 83.8 Å². The Morgan fingerprint density at radius 3 is 2.07 bits per heavy atom. The van der Waals surface area contributed by atoms with Gasteiger partial charge in [-0.2, -0.15) is 0 Å². The van der Waals surface area contributed by atoms with Crippen LogP contribution in [0, 0.1) is 23.6 Å². The lowest BCUT2D eigenvalue weighted by Crippen LogP contribution is -2.51. The van der Waals surface area contributed by atoms with Gasteiger partial charge >= 0.3 is 12.2 Å². The summed E-state index contributed by atoms with van der Waals surface area (Å²) in [6.45, 7) is 8.11. The number of H-pyrrole nitrogens is 2. The first-order chi connectivity index (χ1) is 28.4. The minimum atomic E-state index is -0.718. The smallest absolute Gasteiger partial charge is 0.407 e. The Bertz CT molecular complexity index is 2360. The molecule has 3 amide bonds. The molecule has 4 N–H and O–H groups in total. The number of nitrogens with one attached hydrogen (secondary N) is 4. The molecule has 2 aliphatic rings. The van der Waals surface area contributed by atoms with Crippen LogP contribution in [0.25, 0.3) is 44.5 Å². The zero-order chi connectivity index (χ0) is 42.0. The number of imidazole rings is 2. The van der Waals surface area contributed by atoms with Gasteiger partial charge in [-0.25, -0.2) is 23.9 Å². The number of carbonyl (C=O) groups excluding carboxylic acids is 4. The van der Waals surface area contributed by atoms with Gasteiger partial charge in [-0.1, -0.05) is 52.3 Å². The van der Waals surface area contributed by atoms with Gasteiger partial charge in [-0.05, 0) is 67.2 Å². The number of amides is 3. The number of ether oxygens (including phenoxy) is 2. The number of benzene rings is 2. The summed E-state index contributed by atoms with van der Waals surface area (Å²) in [7, 11) is 2.55. The summed E-state index contributed by atoms with van der Waals surface area (Å²) in [5.74, 6) is -0.00105. The summed E-state index contributed by atoms with van der Waals surface area (Å²) in [4.78, 5) is 73.6. The number of pyridine rings is 1. The molecule has 5 atom stereocenters. The van der Waals surface area contributed by atoms with Crippen molar-refractivity contribution in [3.8, 4) is 33.8 Å². The topological polar surface area (TPSA) is 184 Å². The molecule has 1 saturated heterocycles. The van der Waals surface area contributed by atoms with Crippen LogP contribution in [0.1, 0.15) is 83.4 Å². The number of fused-ring (bicyclic) bond motifs is 1. The molecule has 0 radical (unpaired) electrons. The van der Waals surface area contributed by atoms with E-state index < -0.39 is 30.1 Å². The molecular weight excluding hydrogens is 756 g/mol. The van der Waals surface area contributed by atoms with Crippen LogP contribution in [0.3, 0.4) is 0 Å². The number of rotatable bonds is 12. The molecule has 310 valence electrons. The van der Waals surface area contributed by atoms with Crippen molar-refractivity contribution in [3.63, 3.8) is 0 Å². The highest BCUT2D eigenvalue weighted by Crippen LogP contribution is 2.41. The van der Waals surface area contributed by atoms with E-state index in [1.54, 1.807) is 29.6 Å². The fourth-order valence-electron chi connectivity index (χ4n) is 8.47. The lowest BCUT2D eigenvalue weighted by atomic mass is 9.84. The monoisotopic (exact) mass is 806 g/mol. The zero-order valence-electron chi connectivity index (χ0n) is 34.2. The maximum absolute atomic E-state index is 15.8. The summed E-state index contributed by atoms with van der Waals surface area (Å²) >= 11 is 0. The van der Waals surface area contributed by atoms with Crippen molar-refractivity contribution in [2.24, 2.45) is 17.8 Å². The van der Waals surface area contributed by atoms with Crippen LogP contribution < -0.4 is 10.6 Å². The van der Waals surface area contributed by atoms with Gasteiger partial charge in [0.1, 0.15) is 23.5 Å². The van der Waals surface area contributed by atoms with Crippen molar-refractivity contribution in [1.29, 1.82) is 0 Å². The highest BCUT2D eigenvalue weighted by molar-refractivity contribution is 5.91. The van der Waals surface area contributed by atoms with Crippen molar-refractivity contribution < 1.29 is 33.0 Å². The van der Waals surface area contributed by atoms with E-state index in [-0.39, 0.29) is 41.4 Å². The minimum absolute atomic E-state index is 0.0374. The third-order valence-corrected chi connectivity index (χ3v) is 11.7. The number of alkyl carbamates (subject to hydrolysis) is 2. The molecular formula is C44H51FN8O6. The number of Topliss-reactive ketones (excluding diaryl/α,β-unsaturated/α-hetero) is 1. The number of carbonyl (C=O) groups is 4. The second-order valence-corrected chi connectivity index (χ2v) is 16.1. The summed E-state index contributed by atoms with van der Waals surface area (Å²) in [6.07, 6.45) is 7.75. The van der Waals surface area contributed by atoms with E-state index in [0.717, 1.165) is 47.7 Å². The van der Waals surface area contributed by atoms with E-state index in [4.69, 9.17) is 9.47 Å². The lowest BCUT2D eigenvalue weighted by Gasteiger charge is -2.30. The van der Waals surface area contributed by atoms with E-state index >= 15 is 4.39 Å². The second kappa shape index (κ2) is 17.4. The summed E-state index contributed by atoms with van der Waals surface area (Å²) in [5, 5.41) is 7.12. The van der Waals surface area contributed by atoms with Gasteiger partial charge in [-0.3, -0.25) is 14.6 Å². The average molecular weight is 807 g/mol. The molecule has 1 aliphatic carbocycles. The van der Waals surface area contributed by atoms with Crippen molar-refractivity contribution in [2.75, 3.05) is 20.8 Å². The van der Waals surface area contributed by atoms with Gasteiger partial charge in [0.05, 0.1) is 55.8 Å². The number of hydrogen-bond acceptors (Lipinski definition) is 9. The Hall–Kier alpha value is -6.12. The summed E-state index contributed by atoms with van der Waals surface area (Å²) < 4.78 is 25.3. The van der Waals surface area contributed by atoms with Gasteiger partial charge in [-0.15, -0.1) is 0 Å². The molecule has 7 rings (SSSR count). The molecule has 59 heavy (non-hydrogen) atoms. The maximum atomic E-state index is 15.8. The number of nitrogens with zero attached hydrogens (tertiary/aromatic N) is 4. The van der Waals surface area contributed by atoms with Crippen LogP contribution in [-0.2, 0) is 19.1 Å². The van der Waals surface area contributed by atoms with Gasteiger partial charge in [0.25, 0.3) is 0 Å². The van der Waals surface area contributed by atoms with Crippen LogP contribution in [0.5, 0.6) is 0 Å². The van der Waals surface area contributed by atoms with Gasteiger partial charge in [0.2, 0.25) is 5.91 Å².